The molecule has 0 aliphatic carbocycles. The molecule has 0 spiro atoms. The van der Waals surface area contributed by atoms with Gasteiger partial charge in [-0.05, 0) is 57.3 Å². The van der Waals surface area contributed by atoms with Gasteiger partial charge in [-0.2, -0.15) is 0 Å². The maximum absolute atomic E-state index is 13.2. The van der Waals surface area contributed by atoms with Crippen molar-refractivity contribution in [3.05, 3.63) is 54.2 Å². The fraction of sp³-hybridized carbons (Fsp3) is 0.0909. The molecule has 17 heavy (non-hydrogen) atoms. The summed E-state index contributed by atoms with van der Waals surface area (Å²) < 4.78 is 27.3. The lowest BCUT2D eigenvalue weighted by atomic mass is 10.1. The average molecular weight is 449 g/mol. The van der Waals surface area contributed by atoms with E-state index in [9.17, 15) is 8.78 Å². The van der Waals surface area contributed by atoms with Gasteiger partial charge in [0.15, 0.2) is 11.6 Å². The molecule has 0 nitrogen and oxygen atoms in total. The molecule has 0 radical (unpaired) electrons. The fourth-order valence-electron chi connectivity index (χ4n) is 1.37. The van der Waals surface area contributed by atoms with Gasteiger partial charge in [0.25, 0.3) is 0 Å². The SMILES string of the molecule is Fc1cc(Cl)c(C(Br)c2csc(I)c2)cc1F. The molecule has 0 fully saturated rings. The summed E-state index contributed by atoms with van der Waals surface area (Å²) >= 11 is 13.2. The highest BCUT2D eigenvalue weighted by Crippen LogP contribution is 2.38. The first-order valence-corrected chi connectivity index (χ1v) is 7.76. The predicted octanol–water partition coefficient (Wildman–Crippen LogP) is 5.77. The molecule has 2 rings (SSSR count). The van der Waals surface area contributed by atoms with Crippen molar-refractivity contribution in [1.82, 2.24) is 0 Å². The van der Waals surface area contributed by atoms with Gasteiger partial charge in [0.2, 0.25) is 0 Å². The van der Waals surface area contributed by atoms with E-state index >= 15 is 0 Å². The van der Waals surface area contributed by atoms with Crippen LogP contribution in [0.5, 0.6) is 0 Å². The van der Waals surface area contributed by atoms with Crippen molar-refractivity contribution in [2.45, 2.75) is 4.83 Å². The lowest BCUT2D eigenvalue weighted by Crippen LogP contribution is -1.95. The molecule has 90 valence electrons. The zero-order chi connectivity index (χ0) is 12.6. The fourth-order valence-corrected chi connectivity index (χ4v) is 3.98. The summed E-state index contributed by atoms with van der Waals surface area (Å²) in [7, 11) is 0. The molecule has 1 unspecified atom stereocenters. The maximum atomic E-state index is 13.2. The van der Waals surface area contributed by atoms with Gasteiger partial charge in [0, 0.05) is 5.02 Å². The van der Waals surface area contributed by atoms with Gasteiger partial charge >= 0.3 is 0 Å². The Morgan fingerprint density at radius 3 is 2.47 bits per heavy atom. The van der Waals surface area contributed by atoms with Crippen LogP contribution in [0, 0.1) is 14.5 Å². The largest absolute Gasteiger partial charge is 0.204 e. The molecular weight excluding hydrogens is 444 g/mol. The molecule has 0 N–H and O–H groups in total. The van der Waals surface area contributed by atoms with E-state index in [-0.39, 0.29) is 9.85 Å². The topological polar surface area (TPSA) is 0 Å². The standard InChI is InChI=1S/C11H5BrClF2IS/c12-11(5-1-10(16)17-4-5)6-2-8(14)9(15)3-7(6)13/h1-4,11H. The summed E-state index contributed by atoms with van der Waals surface area (Å²) in [6.45, 7) is 0. The Balaban J connectivity index is 2.43. The molecule has 0 saturated heterocycles. The summed E-state index contributed by atoms with van der Waals surface area (Å²) in [4.78, 5) is -0.232. The summed E-state index contributed by atoms with van der Waals surface area (Å²) in [5.74, 6) is -1.82. The van der Waals surface area contributed by atoms with Gasteiger partial charge in [-0.3, -0.25) is 0 Å². The second kappa shape index (κ2) is 5.50. The van der Waals surface area contributed by atoms with Crippen LogP contribution in [0.15, 0.2) is 23.6 Å². The molecule has 0 aliphatic rings. The third-order valence-corrected chi connectivity index (χ3v) is 5.35. The summed E-state index contributed by atoms with van der Waals surface area (Å²) in [6, 6.07) is 4.10. The van der Waals surface area contributed by atoms with E-state index in [2.05, 4.69) is 38.5 Å². The molecule has 0 bridgehead atoms. The molecule has 0 saturated carbocycles. The second-order valence-electron chi connectivity index (χ2n) is 3.33. The van der Waals surface area contributed by atoms with E-state index in [1.807, 2.05) is 11.4 Å². The number of halogens is 5. The number of thiophene rings is 1. The van der Waals surface area contributed by atoms with Gasteiger partial charge in [0.05, 0.1) is 7.71 Å². The number of benzene rings is 1. The van der Waals surface area contributed by atoms with E-state index in [1.54, 1.807) is 11.3 Å². The molecule has 1 heterocycles. The maximum Gasteiger partial charge on any atom is 0.160 e. The quantitative estimate of drug-likeness (QED) is 0.310. The predicted molar refractivity (Wildman–Crippen MR) is 79.2 cm³/mol. The smallest absolute Gasteiger partial charge is 0.160 e. The van der Waals surface area contributed by atoms with Gasteiger partial charge in [0.1, 0.15) is 0 Å². The summed E-state index contributed by atoms with van der Waals surface area (Å²) in [5.41, 5.74) is 1.51. The Kier molecular flexibility index (Phi) is 4.44. The lowest BCUT2D eigenvalue weighted by molar-refractivity contribution is 0.507. The van der Waals surface area contributed by atoms with Crippen LogP contribution in [0.3, 0.4) is 0 Å². The van der Waals surface area contributed by atoms with Crippen molar-refractivity contribution in [2.24, 2.45) is 0 Å². The Morgan fingerprint density at radius 2 is 1.88 bits per heavy atom. The molecular formula is C11H5BrClF2IS. The van der Waals surface area contributed by atoms with Gasteiger partial charge < -0.3 is 0 Å². The second-order valence-corrected chi connectivity index (χ2v) is 7.46. The minimum absolute atomic E-state index is 0.215. The number of alkyl halides is 1. The highest BCUT2D eigenvalue weighted by molar-refractivity contribution is 14.1. The van der Waals surface area contributed by atoms with Crippen molar-refractivity contribution in [3.8, 4) is 0 Å². The number of rotatable bonds is 2. The van der Waals surface area contributed by atoms with Crippen LogP contribution in [0.4, 0.5) is 8.78 Å². The third-order valence-electron chi connectivity index (χ3n) is 2.19. The average Bonchev–Trinajstić information content (AvgIpc) is 2.69. The number of hydrogen-bond acceptors (Lipinski definition) is 1. The Labute approximate surface area is 128 Å². The van der Waals surface area contributed by atoms with Crippen LogP contribution in [-0.2, 0) is 0 Å². The van der Waals surface area contributed by atoms with Crippen molar-refractivity contribution >= 4 is 61.5 Å². The molecule has 0 amide bonds. The van der Waals surface area contributed by atoms with Crippen LogP contribution in [-0.4, -0.2) is 0 Å². The molecule has 1 atom stereocenters. The van der Waals surface area contributed by atoms with E-state index in [0.717, 1.165) is 20.6 Å². The first-order valence-electron chi connectivity index (χ1n) is 4.51. The van der Waals surface area contributed by atoms with Crippen LogP contribution in [0.2, 0.25) is 5.02 Å². The first kappa shape index (κ1) is 13.7. The first-order chi connectivity index (χ1) is 7.99. The highest BCUT2D eigenvalue weighted by atomic mass is 127. The summed E-state index contributed by atoms with van der Waals surface area (Å²) in [6.07, 6.45) is 0. The van der Waals surface area contributed by atoms with E-state index < -0.39 is 11.6 Å². The van der Waals surface area contributed by atoms with Crippen molar-refractivity contribution in [1.29, 1.82) is 0 Å². The van der Waals surface area contributed by atoms with Crippen LogP contribution < -0.4 is 0 Å². The Morgan fingerprint density at radius 1 is 1.24 bits per heavy atom. The van der Waals surface area contributed by atoms with Crippen LogP contribution in [0.25, 0.3) is 0 Å². The van der Waals surface area contributed by atoms with Crippen molar-refractivity contribution in [3.63, 3.8) is 0 Å². The lowest BCUT2D eigenvalue weighted by Gasteiger charge is -2.11. The normalized spacial score (nSPS) is 12.8. The Bertz CT molecular complexity index is 558. The monoisotopic (exact) mass is 448 g/mol. The zero-order valence-corrected chi connectivity index (χ0v) is 13.5. The highest BCUT2D eigenvalue weighted by Gasteiger charge is 2.18. The van der Waals surface area contributed by atoms with Crippen molar-refractivity contribution < 1.29 is 8.78 Å². The molecule has 0 aliphatic heterocycles. The van der Waals surface area contributed by atoms with E-state index in [1.165, 1.54) is 0 Å². The van der Waals surface area contributed by atoms with Gasteiger partial charge in [-0.15, -0.1) is 11.3 Å². The van der Waals surface area contributed by atoms with Crippen LogP contribution in [0.1, 0.15) is 16.0 Å². The minimum atomic E-state index is -0.932. The van der Waals surface area contributed by atoms with E-state index in [0.29, 0.717) is 5.56 Å². The summed E-state index contributed by atoms with van der Waals surface area (Å²) in [5, 5.41) is 2.17. The van der Waals surface area contributed by atoms with Gasteiger partial charge in [-0.25, -0.2) is 8.78 Å². The molecule has 1 aromatic carbocycles. The third kappa shape index (κ3) is 3.00. The van der Waals surface area contributed by atoms with E-state index in [4.69, 9.17) is 11.6 Å². The number of hydrogen-bond donors (Lipinski definition) is 0. The zero-order valence-electron chi connectivity index (χ0n) is 8.18. The molecule has 2 aromatic rings. The molecule has 6 heteroatoms. The Hall–Kier alpha value is 0.280. The molecule has 1 aromatic heterocycles. The van der Waals surface area contributed by atoms with Gasteiger partial charge in [-0.1, -0.05) is 27.5 Å². The van der Waals surface area contributed by atoms with Crippen molar-refractivity contribution in [2.75, 3.05) is 0 Å². The minimum Gasteiger partial charge on any atom is -0.204 e. The van der Waals surface area contributed by atoms with Crippen LogP contribution >= 0.6 is 61.5 Å².